The number of nitrogens with zero attached hydrogens (tertiary/aromatic N) is 3. The second kappa shape index (κ2) is 9.79. The molecule has 0 aliphatic rings. The van der Waals surface area contributed by atoms with Crippen molar-refractivity contribution in [3.8, 4) is 5.75 Å². The molecular weight excluding hydrogens is 360 g/mol. The summed E-state index contributed by atoms with van der Waals surface area (Å²) < 4.78 is 10.1. The molecule has 0 fully saturated rings. The normalized spacial score (nSPS) is 10.6. The molecule has 0 aliphatic heterocycles. The number of amides is 2. The molecule has 2 aromatic rings. The highest BCUT2D eigenvalue weighted by molar-refractivity contribution is 6.30. The van der Waals surface area contributed by atoms with Crippen LogP contribution in [-0.2, 0) is 9.59 Å². The molecule has 8 nitrogen and oxygen atoms in total. The van der Waals surface area contributed by atoms with Gasteiger partial charge in [-0.15, -0.1) is 0 Å². The zero-order chi connectivity index (χ0) is 18.9. The summed E-state index contributed by atoms with van der Waals surface area (Å²) in [4.78, 5) is 28.0. The van der Waals surface area contributed by atoms with Gasteiger partial charge in [0.2, 0.25) is 5.91 Å². The molecule has 0 unspecified atom stereocenters. The molecule has 2 rings (SSSR count). The highest BCUT2D eigenvalue weighted by Gasteiger charge is 2.18. The van der Waals surface area contributed by atoms with Crippen molar-refractivity contribution in [3.05, 3.63) is 41.6 Å². The monoisotopic (exact) mass is 380 g/mol. The van der Waals surface area contributed by atoms with Crippen LogP contribution in [0.4, 0.5) is 5.82 Å². The number of nitrogens with one attached hydrogen (secondary N) is 1. The minimum atomic E-state index is -0.363. The van der Waals surface area contributed by atoms with Crippen LogP contribution in [0.1, 0.15) is 0 Å². The number of likely N-dealkylation sites (N-methyl/N-ethyl adjacent to an activating group) is 1. The lowest BCUT2D eigenvalue weighted by molar-refractivity contribution is -0.136. The number of halogens is 1. The number of hydrogen-bond donors (Lipinski definition) is 1. The molecule has 1 aromatic heterocycles. The lowest BCUT2D eigenvalue weighted by Gasteiger charge is -2.23. The first-order valence-electron chi connectivity index (χ1n) is 7.95. The Labute approximate surface area is 156 Å². The van der Waals surface area contributed by atoms with Gasteiger partial charge in [-0.1, -0.05) is 16.8 Å². The van der Waals surface area contributed by atoms with Gasteiger partial charge in [0.05, 0.1) is 0 Å². The van der Waals surface area contributed by atoms with Crippen molar-refractivity contribution in [1.82, 2.24) is 15.0 Å². The van der Waals surface area contributed by atoms with Crippen molar-refractivity contribution in [2.24, 2.45) is 0 Å². The van der Waals surface area contributed by atoms with Crippen LogP contribution >= 0.6 is 11.6 Å². The second-order valence-electron chi connectivity index (χ2n) is 5.79. The number of hydrogen-bond acceptors (Lipinski definition) is 6. The Hall–Kier alpha value is -2.58. The summed E-state index contributed by atoms with van der Waals surface area (Å²) in [6, 6.07) is 8.23. The van der Waals surface area contributed by atoms with Crippen LogP contribution in [0.2, 0.25) is 5.02 Å². The highest BCUT2D eigenvalue weighted by atomic mass is 35.5. The molecule has 1 heterocycles. The summed E-state index contributed by atoms with van der Waals surface area (Å²) in [5.41, 5.74) is 0. The maximum Gasteiger partial charge on any atom is 0.261 e. The SMILES string of the molecule is CN(C)CCN(CC(=O)Nc1ccon1)C(=O)COc1ccc(Cl)cc1. The number of carbonyl (C=O) groups excluding carboxylic acids is 2. The van der Waals surface area contributed by atoms with Crippen molar-refractivity contribution in [2.75, 3.05) is 45.7 Å². The van der Waals surface area contributed by atoms with E-state index in [0.29, 0.717) is 29.7 Å². The van der Waals surface area contributed by atoms with Crippen molar-refractivity contribution in [1.29, 1.82) is 0 Å². The van der Waals surface area contributed by atoms with E-state index in [0.717, 1.165) is 0 Å². The molecule has 0 spiro atoms. The fourth-order valence-electron chi connectivity index (χ4n) is 2.01. The fraction of sp³-hybridized carbons (Fsp3) is 0.353. The van der Waals surface area contributed by atoms with Crippen molar-refractivity contribution in [3.63, 3.8) is 0 Å². The highest BCUT2D eigenvalue weighted by Crippen LogP contribution is 2.15. The molecule has 1 aromatic carbocycles. The van der Waals surface area contributed by atoms with Gasteiger partial charge in [-0.25, -0.2) is 0 Å². The average Bonchev–Trinajstić information content (AvgIpc) is 3.10. The van der Waals surface area contributed by atoms with E-state index in [4.69, 9.17) is 16.3 Å². The molecular formula is C17H21ClN4O4. The zero-order valence-corrected chi connectivity index (χ0v) is 15.4. The molecule has 0 atom stereocenters. The lowest BCUT2D eigenvalue weighted by atomic mass is 10.3. The summed E-state index contributed by atoms with van der Waals surface area (Å²) in [6.07, 6.45) is 1.35. The van der Waals surface area contributed by atoms with Crippen molar-refractivity contribution in [2.45, 2.75) is 0 Å². The zero-order valence-electron chi connectivity index (χ0n) is 14.6. The van der Waals surface area contributed by atoms with Gasteiger partial charge in [-0.05, 0) is 38.4 Å². The van der Waals surface area contributed by atoms with Crippen LogP contribution in [0.5, 0.6) is 5.75 Å². The van der Waals surface area contributed by atoms with Gasteiger partial charge in [-0.3, -0.25) is 9.59 Å². The molecule has 26 heavy (non-hydrogen) atoms. The van der Waals surface area contributed by atoms with Crippen LogP contribution in [0.25, 0.3) is 0 Å². The van der Waals surface area contributed by atoms with Gasteiger partial charge < -0.3 is 24.4 Å². The van der Waals surface area contributed by atoms with Gasteiger partial charge in [0.15, 0.2) is 12.4 Å². The Morgan fingerprint density at radius 2 is 1.92 bits per heavy atom. The molecule has 140 valence electrons. The number of benzene rings is 1. The average molecular weight is 381 g/mol. The summed E-state index contributed by atoms with van der Waals surface area (Å²) in [7, 11) is 3.78. The summed E-state index contributed by atoms with van der Waals surface area (Å²) in [6.45, 7) is 0.724. The van der Waals surface area contributed by atoms with E-state index >= 15 is 0 Å². The van der Waals surface area contributed by atoms with E-state index in [1.54, 1.807) is 24.3 Å². The van der Waals surface area contributed by atoms with Crippen molar-refractivity contribution < 1.29 is 18.8 Å². The van der Waals surface area contributed by atoms with E-state index < -0.39 is 0 Å². The summed E-state index contributed by atoms with van der Waals surface area (Å²) in [5.74, 6) is 0.171. The number of carbonyl (C=O) groups is 2. The van der Waals surface area contributed by atoms with Crippen molar-refractivity contribution >= 4 is 29.2 Å². The van der Waals surface area contributed by atoms with E-state index in [1.165, 1.54) is 17.2 Å². The first-order chi connectivity index (χ1) is 12.4. The Morgan fingerprint density at radius 3 is 2.54 bits per heavy atom. The standard InChI is InChI=1S/C17H21ClN4O4/c1-21(2)8-9-22(11-16(23)19-15-7-10-26-20-15)17(24)12-25-14-5-3-13(18)4-6-14/h3-7,10H,8-9,11-12H2,1-2H3,(H,19,20,23). The van der Waals surface area contributed by atoms with Gasteiger partial charge in [0.1, 0.15) is 18.6 Å². The van der Waals surface area contributed by atoms with Gasteiger partial charge in [-0.2, -0.15) is 0 Å². The summed E-state index contributed by atoms with van der Waals surface area (Å²) >= 11 is 5.82. The number of anilines is 1. The van der Waals surface area contributed by atoms with E-state index in [2.05, 4.69) is 15.0 Å². The Balaban J connectivity index is 1.92. The van der Waals surface area contributed by atoms with Crippen LogP contribution < -0.4 is 10.1 Å². The minimum Gasteiger partial charge on any atom is -0.484 e. The third kappa shape index (κ3) is 6.73. The maximum absolute atomic E-state index is 12.5. The first kappa shape index (κ1) is 19.7. The van der Waals surface area contributed by atoms with Gasteiger partial charge >= 0.3 is 0 Å². The van der Waals surface area contributed by atoms with Crippen LogP contribution in [0.3, 0.4) is 0 Å². The van der Waals surface area contributed by atoms with Crippen LogP contribution in [0, 0.1) is 0 Å². The van der Waals surface area contributed by atoms with E-state index in [1.807, 2.05) is 19.0 Å². The fourth-order valence-corrected chi connectivity index (χ4v) is 2.14. The second-order valence-corrected chi connectivity index (χ2v) is 6.23. The maximum atomic E-state index is 12.5. The Bertz CT molecular complexity index is 704. The largest absolute Gasteiger partial charge is 0.484 e. The minimum absolute atomic E-state index is 0.108. The molecule has 0 radical (unpaired) electrons. The predicted molar refractivity (Wildman–Crippen MR) is 97.2 cm³/mol. The van der Waals surface area contributed by atoms with Crippen LogP contribution in [-0.4, -0.2) is 67.1 Å². The molecule has 1 N–H and O–H groups in total. The van der Waals surface area contributed by atoms with E-state index in [9.17, 15) is 9.59 Å². The third-order valence-electron chi connectivity index (χ3n) is 3.39. The first-order valence-corrected chi connectivity index (χ1v) is 8.33. The molecule has 0 bridgehead atoms. The smallest absolute Gasteiger partial charge is 0.261 e. The Morgan fingerprint density at radius 1 is 1.19 bits per heavy atom. The Kier molecular flexibility index (Phi) is 7.43. The molecule has 0 saturated carbocycles. The number of rotatable bonds is 9. The topological polar surface area (TPSA) is 87.9 Å². The van der Waals surface area contributed by atoms with E-state index in [-0.39, 0.29) is 25.0 Å². The summed E-state index contributed by atoms with van der Waals surface area (Å²) in [5, 5.41) is 6.76. The van der Waals surface area contributed by atoms with Gasteiger partial charge in [0, 0.05) is 24.2 Å². The molecule has 9 heteroatoms. The number of ether oxygens (including phenoxy) is 1. The van der Waals surface area contributed by atoms with Crippen LogP contribution in [0.15, 0.2) is 41.1 Å². The van der Waals surface area contributed by atoms with Gasteiger partial charge in [0.25, 0.3) is 5.91 Å². The third-order valence-corrected chi connectivity index (χ3v) is 3.64. The number of aromatic nitrogens is 1. The molecule has 2 amide bonds. The quantitative estimate of drug-likeness (QED) is 0.712. The molecule has 0 aliphatic carbocycles. The predicted octanol–water partition coefficient (Wildman–Crippen LogP) is 1.74. The molecule has 0 saturated heterocycles. The lowest BCUT2D eigenvalue weighted by Crippen LogP contribution is -2.43.